The molecule has 6 nitrogen and oxygen atoms in total. The zero-order chi connectivity index (χ0) is 18.8. The van der Waals surface area contributed by atoms with E-state index < -0.39 is 0 Å². The summed E-state index contributed by atoms with van der Waals surface area (Å²) in [5, 5.41) is 4.23. The van der Waals surface area contributed by atoms with E-state index in [1.54, 1.807) is 36.4 Å². The molecule has 0 radical (unpaired) electrons. The highest BCUT2D eigenvalue weighted by Gasteiger charge is 2.14. The van der Waals surface area contributed by atoms with Gasteiger partial charge in [-0.25, -0.2) is 0 Å². The number of pyridine rings is 1. The van der Waals surface area contributed by atoms with Crippen molar-refractivity contribution in [3.8, 4) is 11.5 Å². The lowest BCUT2D eigenvalue weighted by Gasteiger charge is -2.18. The first-order valence-corrected chi connectivity index (χ1v) is 8.93. The average molecular weight is 385 g/mol. The number of rotatable bonds is 4. The zero-order valence-corrected chi connectivity index (χ0v) is 15.1. The molecule has 27 heavy (non-hydrogen) atoms. The predicted octanol–water partition coefficient (Wildman–Crippen LogP) is 2.81. The van der Waals surface area contributed by atoms with Gasteiger partial charge in [-0.05, 0) is 29.8 Å². The molecular formula is C20H17ClN2O4. The number of hydrogen-bond donors (Lipinski definition) is 2. The summed E-state index contributed by atoms with van der Waals surface area (Å²) in [6.07, 6.45) is 0.224. The lowest BCUT2D eigenvalue weighted by molar-refractivity contribution is -0.120. The quantitative estimate of drug-likeness (QED) is 0.724. The molecule has 1 aliphatic rings. The minimum atomic E-state index is -0.244. The molecule has 3 aromatic rings. The average Bonchev–Trinajstić information content (AvgIpc) is 2.66. The number of H-pyrrole nitrogens is 1. The minimum Gasteiger partial charge on any atom is -0.486 e. The highest BCUT2D eigenvalue weighted by molar-refractivity contribution is 6.30. The molecule has 2 aromatic carbocycles. The van der Waals surface area contributed by atoms with Crippen LogP contribution in [-0.2, 0) is 17.8 Å². The second-order valence-corrected chi connectivity index (χ2v) is 6.72. The molecule has 4 rings (SSSR count). The molecule has 0 saturated carbocycles. The van der Waals surface area contributed by atoms with Gasteiger partial charge < -0.3 is 19.8 Å². The van der Waals surface area contributed by atoms with Gasteiger partial charge in [-0.3, -0.25) is 9.59 Å². The van der Waals surface area contributed by atoms with Crippen molar-refractivity contribution in [1.29, 1.82) is 0 Å². The van der Waals surface area contributed by atoms with Crippen LogP contribution in [0.2, 0.25) is 5.02 Å². The molecule has 1 aliphatic heterocycles. The van der Waals surface area contributed by atoms with Crippen LogP contribution in [0.3, 0.4) is 0 Å². The van der Waals surface area contributed by atoms with E-state index in [0.29, 0.717) is 40.8 Å². The van der Waals surface area contributed by atoms with Crippen molar-refractivity contribution in [3.05, 3.63) is 69.0 Å². The van der Waals surface area contributed by atoms with Gasteiger partial charge in [-0.1, -0.05) is 23.7 Å². The normalized spacial score (nSPS) is 12.8. The first kappa shape index (κ1) is 17.4. The van der Waals surface area contributed by atoms with Crippen molar-refractivity contribution in [2.75, 3.05) is 13.2 Å². The van der Waals surface area contributed by atoms with Gasteiger partial charge >= 0.3 is 0 Å². The Morgan fingerprint density at radius 1 is 1.07 bits per heavy atom. The third-order valence-corrected chi connectivity index (χ3v) is 4.59. The largest absolute Gasteiger partial charge is 0.486 e. The summed E-state index contributed by atoms with van der Waals surface area (Å²) in [6.45, 7) is 1.13. The van der Waals surface area contributed by atoms with Crippen LogP contribution >= 0.6 is 11.6 Å². The maximum absolute atomic E-state index is 12.3. The molecule has 1 amide bonds. The molecule has 0 saturated heterocycles. The maximum Gasteiger partial charge on any atom is 0.253 e. The number of fused-ring (bicyclic) bond motifs is 2. The van der Waals surface area contributed by atoms with Crippen molar-refractivity contribution in [2.45, 2.75) is 13.0 Å². The second-order valence-electron chi connectivity index (χ2n) is 6.29. The summed E-state index contributed by atoms with van der Waals surface area (Å²) in [5.74, 6) is 1.10. The first-order chi connectivity index (χ1) is 13.1. The van der Waals surface area contributed by atoms with Gasteiger partial charge in [0.25, 0.3) is 5.56 Å². The Morgan fingerprint density at radius 3 is 2.52 bits per heavy atom. The van der Waals surface area contributed by atoms with E-state index in [2.05, 4.69) is 10.3 Å². The van der Waals surface area contributed by atoms with Gasteiger partial charge in [0.1, 0.15) is 13.2 Å². The number of amides is 1. The SMILES string of the molecule is O=C(Cc1ccc(Cl)cc1)NCc1cc2cc3c(cc2[nH]c1=O)OCCO3. The molecule has 2 N–H and O–H groups in total. The van der Waals surface area contributed by atoms with Crippen LogP contribution in [0.5, 0.6) is 11.5 Å². The third kappa shape index (κ3) is 3.90. The van der Waals surface area contributed by atoms with E-state index in [1.807, 2.05) is 6.07 Å². The predicted molar refractivity (Wildman–Crippen MR) is 103 cm³/mol. The van der Waals surface area contributed by atoms with Crippen molar-refractivity contribution < 1.29 is 14.3 Å². The highest BCUT2D eigenvalue weighted by Crippen LogP contribution is 2.33. The van der Waals surface area contributed by atoms with Crippen LogP contribution in [0.1, 0.15) is 11.1 Å². The fraction of sp³-hybridized carbons (Fsp3) is 0.200. The molecule has 0 unspecified atom stereocenters. The fourth-order valence-electron chi connectivity index (χ4n) is 2.96. The van der Waals surface area contributed by atoms with Crippen molar-refractivity contribution in [3.63, 3.8) is 0 Å². The summed E-state index contributed by atoms with van der Waals surface area (Å²) in [7, 11) is 0. The van der Waals surface area contributed by atoms with Crippen LogP contribution in [-0.4, -0.2) is 24.1 Å². The molecule has 0 bridgehead atoms. The smallest absolute Gasteiger partial charge is 0.253 e. The molecule has 0 spiro atoms. The van der Waals surface area contributed by atoms with Crippen LogP contribution in [0, 0.1) is 0 Å². The summed E-state index contributed by atoms with van der Waals surface area (Å²) in [5.41, 5.74) is 1.75. The number of hydrogen-bond acceptors (Lipinski definition) is 4. The Hall–Kier alpha value is -2.99. The van der Waals surface area contributed by atoms with Crippen molar-refractivity contribution in [2.24, 2.45) is 0 Å². The van der Waals surface area contributed by atoms with Gasteiger partial charge in [0, 0.05) is 28.6 Å². The van der Waals surface area contributed by atoms with E-state index >= 15 is 0 Å². The van der Waals surface area contributed by atoms with E-state index in [1.165, 1.54) is 0 Å². The Kier molecular flexibility index (Phi) is 4.73. The molecular weight excluding hydrogens is 368 g/mol. The van der Waals surface area contributed by atoms with Crippen molar-refractivity contribution in [1.82, 2.24) is 10.3 Å². The van der Waals surface area contributed by atoms with Crippen LogP contribution in [0.25, 0.3) is 10.9 Å². The van der Waals surface area contributed by atoms with Gasteiger partial charge in [0.2, 0.25) is 5.91 Å². The second kappa shape index (κ2) is 7.32. The number of nitrogens with one attached hydrogen (secondary N) is 2. The number of ether oxygens (including phenoxy) is 2. The standard InChI is InChI=1S/C20H17ClN2O4/c21-15-3-1-12(2-4-15)7-19(24)22-11-14-8-13-9-17-18(27-6-5-26-17)10-16(13)23-20(14)25/h1-4,8-10H,5-7,11H2,(H,22,24)(H,23,25). The minimum absolute atomic E-state index is 0.145. The molecule has 138 valence electrons. The van der Waals surface area contributed by atoms with E-state index in [4.69, 9.17) is 21.1 Å². The van der Waals surface area contributed by atoms with E-state index in [9.17, 15) is 9.59 Å². The number of aromatic nitrogens is 1. The molecule has 0 aliphatic carbocycles. The summed E-state index contributed by atoms with van der Waals surface area (Å²) >= 11 is 5.84. The maximum atomic E-state index is 12.3. The number of aromatic amines is 1. The van der Waals surface area contributed by atoms with Gasteiger partial charge in [-0.15, -0.1) is 0 Å². The lowest BCUT2D eigenvalue weighted by atomic mass is 10.1. The Labute approximate surface area is 160 Å². The van der Waals surface area contributed by atoms with Crippen LogP contribution in [0.15, 0.2) is 47.3 Å². The van der Waals surface area contributed by atoms with Gasteiger partial charge in [0.05, 0.1) is 11.9 Å². The van der Waals surface area contributed by atoms with Crippen LogP contribution in [0.4, 0.5) is 0 Å². The van der Waals surface area contributed by atoms with Gasteiger partial charge in [0.15, 0.2) is 11.5 Å². The Balaban J connectivity index is 1.49. The molecule has 7 heteroatoms. The van der Waals surface area contributed by atoms with E-state index in [-0.39, 0.29) is 24.4 Å². The number of carbonyl (C=O) groups excluding carboxylic acids is 1. The molecule has 1 aromatic heterocycles. The zero-order valence-electron chi connectivity index (χ0n) is 14.4. The number of benzene rings is 2. The summed E-state index contributed by atoms with van der Waals surface area (Å²) < 4.78 is 11.1. The number of halogens is 1. The fourth-order valence-corrected chi connectivity index (χ4v) is 3.09. The Morgan fingerprint density at radius 2 is 1.78 bits per heavy atom. The summed E-state index contributed by atoms with van der Waals surface area (Å²) in [4.78, 5) is 27.3. The summed E-state index contributed by atoms with van der Waals surface area (Å²) in [6, 6.07) is 12.4. The lowest BCUT2D eigenvalue weighted by Crippen LogP contribution is -2.28. The third-order valence-electron chi connectivity index (χ3n) is 4.34. The first-order valence-electron chi connectivity index (χ1n) is 8.55. The Bertz CT molecular complexity index is 1060. The highest BCUT2D eigenvalue weighted by atomic mass is 35.5. The van der Waals surface area contributed by atoms with E-state index in [0.717, 1.165) is 10.9 Å². The number of carbonyl (C=O) groups is 1. The van der Waals surface area contributed by atoms with Gasteiger partial charge in [-0.2, -0.15) is 0 Å². The monoisotopic (exact) mass is 384 g/mol. The van der Waals surface area contributed by atoms with Crippen LogP contribution < -0.4 is 20.3 Å². The molecule has 0 atom stereocenters. The van der Waals surface area contributed by atoms with Crippen molar-refractivity contribution >= 4 is 28.4 Å². The molecule has 2 heterocycles. The molecule has 0 fully saturated rings. The topological polar surface area (TPSA) is 80.4 Å².